The van der Waals surface area contributed by atoms with Crippen molar-refractivity contribution in [3.05, 3.63) is 24.3 Å². The van der Waals surface area contributed by atoms with Crippen LogP contribution in [0.1, 0.15) is 33.6 Å². The summed E-state index contributed by atoms with van der Waals surface area (Å²) in [6.07, 6.45) is 8.95. The Balaban J connectivity index is 2.26. The van der Waals surface area contributed by atoms with Crippen LogP contribution in [0.2, 0.25) is 0 Å². The van der Waals surface area contributed by atoms with Crippen LogP contribution in [-0.2, 0) is 14.3 Å². The number of carbonyl (C=O) groups excluding carboxylic acids is 2. The van der Waals surface area contributed by atoms with Gasteiger partial charge in [-0.2, -0.15) is 0 Å². The number of esters is 1. The Kier molecular flexibility index (Phi) is 4.23. The summed E-state index contributed by atoms with van der Waals surface area (Å²) in [7, 11) is 0. The van der Waals surface area contributed by atoms with Crippen LogP contribution in [0.4, 0.5) is 0 Å². The van der Waals surface area contributed by atoms with Gasteiger partial charge in [-0.25, -0.2) is 0 Å². The summed E-state index contributed by atoms with van der Waals surface area (Å²) >= 11 is 0. The van der Waals surface area contributed by atoms with Crippen molar-refractivity contribution in [3.63, 3.8) is 0 Å². The van der Waals surface area contributed by atoms with Crippen LogP contribution in [0.25, 0.3) is 0 Å². The van der Waals surface area contributed by atoms with E-state index in [1.807, 2.05) is 45.1 Å². The fraction of sp³-hybridized carbons (Fsp3) is 0.625. The zero-order chi connectivity index (χ0) is 14.0. The average Bonchev–Trinajstić information content (AvgIpc) is 2.39. The third kappa shape index (κ3) is 2.65. The number of cyclic esters (lactones) is 1. The molecule has 1 aliphatic heterocycles. The van der Waals surface area contributed by atoms with Crippen molar-refractivity contribution in [1.82, 2.24) is 0 Å². The molecule has 1 saturated heterocycles. The van der Waals surface area contributed by atoms with E-state index in [1.54, 1.807) is 0 Å². The SMILES string of the molecule is C/C=C/C=C/[C@@H]1OC(=O)C(C)[C@@H]2CC[C@@H](C)C(=O)[C@@H]12. The number of hydrogen-bond acceptors (Lipinski definition) is 3. The van der Waals surface area contributed by atoms with Gasteiger partial charge in [0, 0.05) is 5.92 Å². The quantitative estimate of drug-likeness (QED) is 0.567. The average molecular weight is 262 g/mol. The lowest BCUT2D eigenvalue weighted by Crippen LogP contribution is -2.50. The van der Waals surface area contributed by atoms with Crippen LogP contribution in [0.5, 0.6) is 0 Å². The minimum absolute atomic E-state index is 0.0860. The standard InChI is InChI=1S/C16H22O3/c1-4-5-6-7-13-14-12(11(3)16(18)19-13)9-8-10(2)15(14)17/h4-7,10-14H,8-9H2,1-3H3/b5-4+,7-6+/t10-,11?,12+,13+,14-/m1/s1. The van der Waals surface area contributed by atoms with Crippen molar-refractivity contribution < 1.29 is 14.3 Å². The number of ketones is 1. The highest BCUT2D eigenvalue weighted by molar-refractivity contribution is 5.87. The Bertz CT molecular complexity index is 422. The summed E-state index contributed by atoms with van der Waals surface area (Å²) in [5.74, 6) is 0.00306. The van der Waals surface area contributed by atoms with E-state index in [2.05, 4.69) is 0 Å². The number of hydrogen-bond donors (Lipinski definition) is 0. The van der Waals surface area contributed by atoms with Gasteiger partial charge in [-0.15, -0.1) is 0 Å². The lowest BCUT2D eigenvalue weighted by atomic mass is 9.65. The fourth-order valence-corrected chi connectivity index (χ4v) is 3.20. The van der Waals surface area contributed by atoms with Crippen molar-refractivity contribution in [2.24, 2.45) is 23.7 Å². The zero-order valence-corrected chi connectivity index (χ0v) is 11.8. The number of carbonyl (C=O) groups is 2. The Morgan fingerprint density at radius 2 is 1.89 bits per heavy atom. The van der Waals surface area contributed by atoms with E-state index in [0.29, 0.717) is 0 Å². The molecule has 2 aliphatic rings. The maximum atomic E-state index is 12.4. The maximum absolute atomic E-state index is 12.4. The molecule has 1 unspecified atom stereocenters. The van der Waals surface area contributed by atoms with Gasteiger partial charge in [0.1, 0.15) is 11.9 Å². The van der Waals surface area contributed by atoms with E-state index in [1.165, 1.54) is 0 Å². The number of rotatable bonds is 2. The van der Waals surface area contributed by atoms with Crippen molar-refractivity contribution in [1.29, 1.82) is 0 Å². The van der Waals surface area contributed by atoms with Gasteiger partial charge in [-0.3, -0.25) is 9.59 Å². The lowest BCUT2D eigenvalue weighted by molar-refractivity contribution is -0.173. The van der Waals surface area contributed by atoms with Crippen LogP contribution >= 0.6 is 0 Å². The first-order valence-corrected chi connectivity index (χ1v) is 7.10. The molecule has 0 amide bonds. The van der Waals surface area contributed by atoms with Crippen molar-refractivity contribution >= 4 is 11.8 Å². The van der Waals surface area contributed by atoms with Crippen molar-refractivity contribution in [2.75, 3.05) is 0 Å². The number of ether oxygens (including phenoxy) is 1. The molecule has 0 N–H and O–H groups in total. The van der Waals surface area contributed by atoms with Gasteiger partial charge in [-0.05, 0) is 31.8 Å². The van der Waals surface area contributed by atoms with Gasteiger partial charge >= 0.3 is 5.97 Å². The second-order valence-corrected chi connectivity index (χ2v) is 5.67. The number of allylic oxidation sites excluding steroid dienone is 3. The summed E-state index contributed by atoms with van der Waals surface area (Å²) < 4.78 is 5.45. The molecule has 0 aromatic carbocycles. The maximum Gasteiger partial charge on any atom is 0.309 e. The third-order valence-corrected chi connectivity index (χ3v) is 4.43. The van der Waals surface area contributed by atoms with Crippen molar-refractivity contribution in [2.45, 2.75) is 39.7 Å². The molecule has 0 bridgehead atoms. The lowest BCUT2D eigenvalue weighted by Gasteiger charge is -2.43. The first-order valence-electron chi connectivity index (χ1n) is 7.10. The molecule has 3 nitrogen and oxygen atoms in total. The molecular formula is C16H22O3. The molecule has 2 rings (SSSR count). The molecule has 0 aromatic heterocycles. The molecule has 1 saturated carbocycles. The van der Waals surface area contributed by atoms with Gasteiger partial charge in [0.25, 0.3) is 0 Å². The van der Waals surface area contributed by atoms with E-state index in [4.69, 9.17) is 4.74 Å². The summed E-state index contributed by atoms with van der Waals surface area (Å²) in [6, 6.07) is 0. The highest BCUT2D eigenvalue weighted by Crippen LogP contribution is 2.42. The monoisotopic (exact) mass is 262 g/mol. The Morgan fingerprint density at radius 3 is 2.58 bits per heavy atom. The fourth-order valence-electron chi connectivity index (χ4n) is 3.20. The molecule has 104 valence electrons. The molecule has 2 fully saturated rings. The van der Waals surface area contributed by atoms with E-state index in [-0.39, 0.29) is 41.5 Å². The largest absolute Gasteiger partial charge is 0.457 e. The molecule has 5 atom stereocenters. The molecule has 0 radical (unpaired) electrons. The van der Waals surface area contributed by atoms with E-state index < -0.39 is 0 Å². The molecule has 1 heterocycles. The third-order valence-electron chi connectivity index (χ3n) is 4.43. The van der Waals surface area contributed by atoms with Gasteiger partial charge in [0.15, 0.2) is 0 Å². The summed E-state index contributed by atoms with van der Waals surface area (Å²) in [5.41, 5.74) is 0. The Hall–Kier alpha value is -1.38. The van der Waals surface area contributed by atoms with E-state index in [0.717, 1.165) is 12.8 Å². The predicted octanol–water partition coefficient (Wildman–Crippen LogP) is 2.91. The molecule has 0 spiro atoms. The van der Waals surface area contributed by atoms with Crippen LogP contribution in [0.3, 0.4) is 0 Å². The zero-order valence-electron chi connectivity index (χ0n) is 11.8. The molecule has 3 heteroatoms. The summed E-state index contributed by atoms with van der Waals surface area (Å²) in [5, 5.41) is 0. The first kappa shape index (κ1) is 14.0. The number of Topliss-reactive ketones (excluding diaryl/α,β-unsaturated/α-hetero) is 1. The van der Waals surface area contributed by atoms with E-state index >= 15 is 0 Å². The Morgan fingerprint density at radius 1 is 1.16 bits per heavy atom. The molecular weight excluding hydrogens is 240 g/mol. The van der Waals surface area contributed by atoms with Crippen LogP contribution in [0.15, 0.2) is 24.3 Å². The smallest absolute Gasteiger partial charge is 0.309 e. The minimum atomic E-state index is -0.389. The second kappa shape index (κ2) is 5.72. The minimum Gasteiger partial charge on any atom is -0.457 e. The first-order chi connectivity index (χ1) is 9.06. The van der Waals surface area contributed by atoms with Gasteiger partial charge in [0.2, 0.25) is 0 Å². The van der Waals surface area contributed by atoms with E-state index in [9.17, 15) is 9.59 Å². The topological polar surface area (TPSA) is 43.4 Å². The van der Waals surface area contributed by atoms with Crippen LogP contribution in [-0.4, -0.2) is 17.9 Å². The van der Waals surface area contributed by atoms with Crippen molar-refractivity contribution in [3.8, 4) is 0 Å². The Labute approximate surface area is 114 Å². The highest BCUT2D eigenvalue weighted by Gasteiger charge is 2.49. The van der Waals surface area contributed by atoms with Crippen LogP contribution < -0.4 is 0 Å². The normalized spacial score (nSPS) is 39.6. The molecule has 0 aromatic rings. The molecule has 1 aliphatic carbocycles. The van der Waals surface area contributed by atoms with Gasteiger partial charge in [-0.1, -0.05) is 32.1 Å². The second-order valence-electron chi connectivity index (χ2n) is 5.67. The number of fused-ring (bicyclic) bond motifs is 1. The summed E-state index contributed by atoms with van der Waals surface area (Å²) in [4.78, 5) is 24.3. The highest BCUT2D eigenvalue weighted by atomic mass is 16.5. The van der Waals surface area contributed by atoms with Gasteiger partial charge in [0.05, 0.1) is 11.8 Å². The predicted molar refractivity (Wildman–Crippen MR) is 73.4 cm³/mol. The van der Waals surface area contributed by atoms with Gasteiger partial charge < -0.3 is 4.74 Å². The summed E-state index contributed by atoms with van der Waals surface area (Å²) in [6.45, 7) is 5.79. The van der Waals surface area contributed by atoms with Crippen LogP contribution in [0, 0.1) is 23.7 Å². The molecule has 19 heavy (non-hydrogen) atoms.